The number of anilines is 2. The van der Waals surface area contributed by atoms with Gasteiger partial charge < -0.3 is 15.1 Å². The summed E-state index contributed by atoms with van der Waals surface area (Å²) in [7, 11) is 0. The van der Waals surface area contributed by atoms with E-state index >= 15 is 0 Å². The second-order valence-electron chi connectivity index (χ2n) is 12.1. The summed E-state index contributed by atoms with van der Waals surface area (Å²) < 4.78 is 0. The maximum absolute atomic E-state index is 12.7. The number of hydrogen-bond donors (Lipinski definition) is 1. The molecular weight excluding hydrogens is 446 g/mol. The van der Waals surface area contributed by atoms with Crippen LogP contribution >= 0.6 is 0 Å². The summed E-state index contributed by atoms with van der Waals surface area (Å²) in [4.78, 5) is 29.4. The van der Waals surface area contributed by atoms with Crippen molar-refractivity contribution >= 4 is 23.2 Å². The maximum Gasteiger partial charge on any atom is 0.224 e. The molecule has 1 aromatic carbocycles. The van der Waals surface area contributed by atoms with E-state index in [1.807, 2.05) is 17.0 Å². The van der Waals surface area contributed by atoms with Crippen LogP contribution in [0, 0.1) is 11.3 Å². The molecule has 1 aliphatic heterocycles. The first-order valence-corrected chi connectivity index (χ1v) is 14.6. The number of nitrogens with one attached hydrogen (secondary N) is 1. The molecule has 1 heterocycles. The van der Waals surface area contributed by atoms with E-state index < -0.39 is 0 Å². The second kappa shape index (κ2) is 15.9. The van der Waals surface area contributed by atoms with E-state index in [2.05, 4.69) is 57.0 Å². The van der Waals surface area contributed by atoms with Crippen molar-refractivity contribution < 1.29 is 9.59 Å². The molecule has 1 aliphatic rings. The fourth-order valence-corrected chi connectivity index (χ4v) is 5.33. The van der Waals surface area contributed by atoms with Crippen molar-refractivity contribution in [3.63, 3.8) is 0 Å². The number of nitrogens with zero attached hydrogens (tertiary/aromatic N) is 2. The van der Waals surface area contributed by atoms with Gasteiger partial charge in [0.2, 0.25) is 11.8 Å². The molecule has 36 heavy (non-hydrogen) atoms. The van der Waals surface area contributed by atoms with Gasteiger partial charge >= 0.3 is 0 Å². The molecule has 0 saturated carbocycles. The van der Waals surface area contributed by atoms with Crippen molar-refractivity contribution in [2.24, 2.45) is 11.3 Å². The molecule has 2 rings (SSSR count). The molecular formula is C31H53N3O2. The zero-order valence-electron chi connectivity index (χ0n) is 23.9. The Bertz CT molecular complexity index is 761. The topological polar surface area (TPSA) is 52.7 Å². The van der Waals surface area contributed by atoms with Crippen LogP contribution in [0.5, 0.6) is 0 Å². The molecule has 0 spiro atoms. The highest BCUT2D eigenvalue weighted by Crippen LogP contribution is 2.27. The van der Waals surface area contributed by atoms with Gasteiger partial charge in [-0.25, -0.2) is 0 Å². The van der Waals surface area contributed by atoms with E-state index in [0.29, 0.717) is 18.8 Å². The van der Waals surface area contributed by atoms with E-state index in [0.717, 1.165) is 56.8 Å². The molecule has 1 saturated heterocycles. The average Bonchev–Trinajstić information content (AvgIpc) is 2.82. The normalized spacial score (nSPS) is 15.1. The van der Waals surface area contributed by atoms with E-state index in [9.17, 15) is 9.59 Å². The van der Waals surface area contributed by atoms with Crippen molar-refractivity contribution in [3.05, 3.63) is 24.3 Å². The minimum Gasteiger partial charge on any atom is -0.368 e. The van der Waals surface area contributed by atoms with Crippen molar-refractivity contribution in [3.8, 4) is 0 Å². The summed E-state index contributed by atoms with van der Waals surface area (Å²) in [6, 6.07) is 8.15. The molecule has 0 aromatic heterocycles. The van der Waals surface area contributed by atoms with Gasteiger partial charge in [0, 0.05) is 50.4 Å². The monoisotopic (exact) mass is 499 g/mol. The highest BCUT2D eigenvalue weighted by atomic mass is 16.2. The van der Waals surface area contributed by atoms with Crippen LogP contribution in [0.1, 0.15) is 112 Å². The molecule has 2 amide bonds. The van der Waals surface area contributed by atoms with Crippen LogP contribution in [0.15, 0.2) is 24.3 Å². The third kappa shape index (κ3) is 12.3. The molecule has 204 valence electrons. The van der Waals surface area contributed by atoms with Gasteiger partial charge in [0.15, 0.2) is 0 Å². The zero-order valence-corrected chi connectivity index (χ0v) is 23.9. The largest absolute Gasteiger partial charge is 0.368 e. The first kappa shape index (κ1) is 30.2. The van der Waals surface area contributed by atoms with Crippen LogP contribution < -0.4 is 10.2 Å². The van der Waals surface area contributed by atoms with E-state index in [-0.39, 0.29) is 17.2 Å². The van der Waals surface area contributed by atoms with Crippen molar-refractivity contribution in [2.75, 3.05) is 36.4 Å². The average molecular weight is 500 g/mol. The molecule has 1 aromatic rings. The van der Waals surface area contributed by atoms with E-state index in [4.69, 9.17) is 0 Å². The Hall–Kier alpha value is -2.04. The molecule has 1 fully saturated rings. The number of benzene rings is 1. The van der Waals surface area contributed by atoms with Crippen LogP contribution in [0.25, 0.3) is 0 Å². The van der Waals surface area contributed by atoms with Gasteiger partial charge in [0.05, 0.1) is 0 Å². The molecule has 1 atom stereocenters. The minimum absolute atomic E-state index is 0.110. The lowest BCUT2D eigenvalue weighted by Crippen LogP contribution is -2.49. The first-order chi connectivity index (χ1) is 17.2. The Morgan fingerprint density at radius 3 is 1.97 bits per heavy atom. The lowest BCUT2D eigenvalue weighted by molar-refractivity contribution is -0.132. The Morgan fingerprint density at radius 1 is 0.861 bits per heavy atom. The highest BCUT2D eigenvalue weighted by Gasteiger charge is 2.24. The predicted molar refractivity (Wildman–Crippen MR) is 154 cm³/mol. The molecule has 5 heteroatoms. The third-order valence-corrected chi connectivity index (χ3v) is 7.14. The summed E-state index contributed by atoms with van der Waals surface area (Å²) in [5.41, 5.74) is 2.28. The molecule has 0 unspecified atom stereocenters. The summed E-state index contributed by atoms with van der Waals surface area (Å²) in [6.07, 6.45) is 13.7. The number of carbonyl (C=O) groups is 2. The Kier molecular flexibility index (Phi) is 13.4. The first-order valence-electron chi connectivity index (χ1n) is 14.6. The van der Waals surface area contributed by atoms with Crippen LogP contribution in [0.2, 0.25) is 0 Å². The van der Waals surface area contributed by atoms with Crippen LogP contribution in [-0.2, 0) is 9.59 Å². The lowest BCUT2D eigenvalue weighted by Gasteiger charge is -2.37. The predicted octanol–water partition coefficient (Wildman–Crippen LogP) is 7.66. The van der Waals surface area contributed by atoms with Gasteiger partial charge in [0.25, 0.3) is 0 Å². The summed E-state index contributed by atoms with van der Waals surface area (Å²) in [5.74, 6) is 0.813. The fraction of sp³-hybridized carbons (Fsp3) is 0.742. The summed E-state index contributed by atoms with van der Waals surface area (Å²) in [5, 5.41) is 3.04. The fourth-order valence-electron chi connectivity index (χ4n) is 5.33. The van der Waals surface area contributed by atoms with Crippen LogP contribution in [-0.4, -0.2) is 42.9 Å². The number of piperazine rings is 1. The Labute approximate surface area is 221 Å². The van der Waals surface area contributed by atoms with Crippen molar-refractivity contribution in [1.29, 1.82) is 0 Å². The molecule has 0 radical (unpaired) electrons. The number of carbonyl (C=O) groups excluding carboxylic acids is 2. The summed E-state index contributed by atoms with van der Waals surface area (Å²) in [6.45, 7) is 14.4. The van der Waals surface area contributed by atoms with Gasteiger partial charge in [-0.2, -0.15) is 0 Å². The SMILES string of the molecule is CCCCCCCCCCCC(=O)Nc1ccc(N2CCN(C(=O)C[C@H](C)CC(C)(C)C)CC2)cc1. The molecule has 1 N–H and O–H groups in total. The lowest BCUT2D eigenvalue weighted by atomic mass is 9.84. The summed E-state index contributed by atoms with van der Waals surface area (Å²) >= 11 is 0. The van der Waals surface area contributed by atoms with Gasteiger partial charge in [-0.3, -0.25) is 9.59 Å². The van der Waals surface area contributed by atoms with Crippen molar-refractivity contribution in [2.45, 2.75) is 112 Å². The maximum atomic E-state index is 12.7. The second-order valence-corrected chi connectivity index (χ2v) is 12.1. The number of rotatable bonds is 15. The molecule has 0 bridgehead atoms. The van der Waals surface area contributed by atoms with Crippen LogP contribution in [0.3, 0.4) is 0 Å². The Morgan fingerprint density at radius 2 is 1.42 bits per heavy atom. The van der Waals surface area contributed by atoms with E-state index in [1.165, 1.54) is 44.9 Å². The van der Waals surface area contributed by atoms with Crippen molar-refractivity contribution in [1.82, 2.24) is 4.90 Å². The van der Waals surface area contributed by atoms with Crippen LogP contribution in [0.4, 0.5) is 11.4 Å². The van der Waals surface area contributed by atoms with Gasteiger partial charge in [-0.1, -0.05) is 86.0 Å². The molecule has 0 aliphatic carbocycles. The van der Waals surface area contributed by atoms with Gasteiger partial charge in [-0.05, 0) is 48.4 Å². The quantitative estimate of drug-likeness (QED) is 0.252. The standard InChI is InChI=1S/C31H53N3O2/c1-6-7-8-9-10-11-12-13-14-15-29(35)32-27-16-18-28(19-17-27)33-20-22-34(23-21-33)30(36)24-26(2)25-31(3,4)5/h16-19,26H,6-15,20-25H2,1-5H3,(H,32,35)/t26-/m0/s1. The number of unbranched alkanes of at least 4 members (excludes halogenated alkanes) is 8. The number of hydrogen-bond acceptors (Lipinski definition) is 3. The zero-order chi connectivity index (χ0) is 26.4. The highest BCUT2D eigenvalue weighted by molar-refractivity contribution is 5.90. The van der Waals surface area contributed by atoms with Gasteiger partial charge in [-0.15, -0.1) is 0 Å². The van der Waals surface area contributed by atoms with Gasteiger partial charge in [0.1, 0.15) is 0 Å². The molecule has 5 nitrogen and oxygen atoms in total. The minimum atomic E-state index is 0.110. The Balaban J connectivity index is 1.63. The van der Waals surface area contributed by atoms with E-state index in [1.54, 1.807) is 0 Å². The smallest absolute Gasteiger partial charge is 0.224 e. The third-order valence-electron chi connectivity index (χ3n) is 7.14. The number of amides is 2.